The topological polar surface area (TPSA) is 49.4 Å². The molecule has 1 heterocycles. The Morgan fingerprint density at radius 1 is 1.09 bits per heavy atom. The van der Waals surface area contributed by atoms with E-state index >= 15 is 0 Å². The predicted octanol–water partition coefficient (Wildman–Crippen LogP) is 4.24. The van der Waals surface area contributed by atoms with Gasteiger partial charge in [-0.1, -0.05) is 20.3 Å². The molecule has 0 atom stereocenters. The minimum absolute atomic E-state index is 0.0943. The Labute approximate surface area is 143 Å². The van der Waals surface area contributed by atoms with Crippen LogP contribution in [0, 0.1) is 0 Å². The molecule has 0 saturated carbocycles. The summed E-state index contributed by atoms with van der Waals surface area (Å²) in [5.41, 5.74) is 1.96. The SMILES string of the molecule is CCCN(CCC)C(=O)c1c(NC(C)=O)sc2c1CCCCC2. The Bertz CT molecular complexity index is 560. The van der Waals surface area contributed by atoms with Gasteiger partial charge in [0.1, 0.15) is 5.00 Å². The van der Waals surface area contributed by atoms with Crippen molar-refractivity contribution >= 4 is 28.2 Å². The van der Waals surface area contributed by atoms with Crippen LogP contribution >= 0.6 is 11.3 Å². The molecule has 1 aromatic heterocycles. The third-order valence-corrected chi connectivity index (χ3v) is 5.41. The molecule has 0 radical (unpaired) electrons. The second-order valence-electron chi connectivity index (χ2n) is 6.24. The number of carbonyl (C=O) groups is 2. The maximum atomic E-state index is 13.2. The Morgan fingerprint density at radius 3 is 2.35 bits per heavy atom. The second kappa shape index (κ2) is 8.48. The van der Waals surface area contributed by atoms with Gasteiger partial charge >= 0.3 is 0 Å². The number of hydrogen-bond acceptors (Lipinski definition) is 3. The zero-order chi connectivity index (χ0) is 16.8. The summed E-state index contributed by atoms with van der Waals surface area (Å²) in [4.78, 5) is 28.0. The first kappa shape index (κ1) is 18.0. The number of fused-ring (bicyclic) bond motifs is 1. The number of hydrogen-bond donors (Lipinski definition) is 1. The fraction of sp³-hybridized carbons (Fsp3) is 0.667. The van der Waals surface area contributed by atoms with Crippen LogP contribution in [-0.4, -0.2) is 29.8 Å². The van der Waals surface area contributed by atoms with E-state index in [2.05, 4.69) is 19.2 Å². The average Bonchev–Trinajstić information content (AvgIpc) is 2.67. The standard InChI is InChI=1S/C18H28N2O2S/c1-4-11-20(12-5-2)18(22)16-14-9-7-6-8-10-15(14)23-17(16)19-13(3)21/h4-12H2,1-3H3,(H,19,21). The maximum absolute atomic E-state index is 13.2. The highest BCUT2D eigenvalue weighted by Crippen LogP contribution is 2.38. The minimum Gasteiger partial charge on any atom is -0.339 e. The lowest BCUT2D eigenvalue weighted by molar-refractivity contribution is -0.114. The van der Waals surface area contributed by atoms with E-state index in [-0.39, 0.29) is 11.8 Å². The van der Waals surface area contributed by atoms with Crippen LogP contribution in [0.1, 0.15) is 73.7 Å². The Kier molecular flexibility index (Phi) is 6.63. The van der Waals surface area contributed by atoms with Crippen molar-refractivity contribution in [2.45, 2.75) is 65.7 Å². The van der Waals surface area contributed by atoms with Gasteiger partial charge in [-0.2, -0.15) is 0 Å². The fourth-order valence-corrected chi connectivity index (χ4v) is 4.56. The van der Waals surface area contributed by atoms with Crippen LogP contribution < -0.4 is 5.32 Å². The first-order valence-electron chi connectivity index (χ1n) is 8.79. The number of nitrogens with one attached hydrogen (secondary N) is 1. The molecule has 0 bridgehead atoms. The third kappa shape index (κ3) is 4.34. The number of thiophene rings is 1. The van der Waals surface area contributed by atoms with Crippen LogP contribution in [0.4, 0.5) is 5.00 Å². The fourth-order valence-electron chi connectivity index (χ4n) is 3.23. The van der Waals surface area contributed by atoms with Crippen molar-refractivity contribution in [1.82, 2.24) is 4.90 Å². The lowest BCUT2D eigenvalue weighted by Gasteiger charge is -2.22. The van der Waals surface area contributed by atoms with Crippen molar-refractivity contribution in [3.05, 3.63) is 16.0 Å². The molecule has 128 valence electrons. The predicted molar refractivity (Wildman–Crippen MR) is 96.4 cm³/mol. The minimum atomic E-state index is -0.104. The van der Waals surface area contributed by atoms with Crippen LogP contribution in [0.3, 0.4) is 0 Å². The third-order valence-electron chi connectivity index (χ3n) is 4.20. The summed E-state index contributed by atoms with van der Waals surface area (Å²) in [5.74, 6) is -0.00941. The zero-order valence-corrected chi connectivity index (χ0v) is 15.4. The van der Waals surface area contributed by atoms with Gasteiger partial charge in [-0.3, -0.25) is 9.59 Å². The molecule has 5 heteroatoms. The summed E-state index contributed by atoms with van der Waals surface area (Å²) in [6.45, 7) is 7.25. The normalized spacial score (nSPS) is 14.0. The Hall–Kier alpha value is -1.36. The molecule has 0 fully saturated rings. The average molecular weight is 337 g/mol. The number of anilines is 1. The first-order chi connectivity index (χ1) is 11.1. The molecule has 2 rings (SSSR count). The van der Waals surface area contributed by atoms with Crippen molar-refractivity contribution in [2.24, 2.45) is 0 Å². The molecular weight excluding hydrogens is 308 g/mol. The van der Waals surface area contributed by atoms with Gasteiger partial charge < -0.3 is 10.2 Å². The molecule has 2 amide bonds. The molecule has 0 unspecified atom stereocenters. The number of rotatable bonds is 6. The van der Waals surface area contributed by atoms with Crippen LogP contribution in [0.5, 0.6) is 0 Å². The molecule has 1 aliphatic rings. The van der Waals surface area contributed by atoms with Gasteiger partial charge in [-0.15, -0.1) is 11.3 Å². The molecule has 1 N–H and O–H groups in total. The molecular formula is C18H28N2O2S. The molecule has 0 spiro atoms. The van der Waals surface area contributed by atoms with Gasteiger partial charge in [0.15, 0.2) is 0 Å². The highest BCUT2D eigenvalue weighted by atomic mass is 32.1. The maximum Gasteiger partial charge on any atom is 0.257 e. The molecule has 0 aliphatic heterocycles. The van der Waals surface area contributed by atoms with Crippen molar-refractivity contribution < 1.29 is 9.59 Å². The Morgan fingerprint density at radius 2 is 1.74 bits per heavy atom. The zero-order valence-electron chi connectivity index (χ0n) is 14.5. The van der Waals surface area contributed by atoms with Crippen LogP contribution in [0.2, 0.25) is 0 Å². The lowest BCUT2D eigenvalue weighted by atomic mass is 10.0. The summed E-state index contributed by atoms with van der Waals surface area (Å²) in [5, 5.41) is 3.66. The van der Waals surface area contributed by atoms with E-state index in [0.29, 0.717) is 0 Å². The molecule has 1 aromatic rings. The van der Waals surface area contributed by atoms with E-state index in [9.17, 15) is 9.59 Å². The van der Waals surface area contributed by atoms with Crippen LogP contribution in [0.25, 0.3) is 0 Å². The van der Waals surface area contributed by atoms with Gasteiger partial charge in [0.05, 0.1) is 5.56 Å². The monoisotopic (exact) mass is 336 g/mol. The van der Waals surface area contributed by atoms with Crippen LogP contribution in [-0.2, 0) is 17.6 Å². The van der Waals surface area contributed by atoms with E-state index in [0.717, 1.165) is 55.8 Å². The highest BCUT2D eigenvalue weighted by molar-refractivity contribution is 7.17. The van der Waals surface area contributed by atoms with E-state index in [4.69, 9.17) is 0 Å². The summed E-state index contributed by atoms with van der Waals surface area (Å²) in [7, 11) is 0. The summed E-state index contributed by atoms with van der Waals surface area (Å²) >= 11 is 1.61. The van der Waals surface area contributed by atoms with E-state index in [1.807, 2.05) is 4.90 Å². The second-order valence-corrected chi connectivity index (χ2v) is 7.35. The van der Waals surface area contributed by atoms with Crippen molar-refractivity contribution in [3.8, 4) is 0 Å². The van der Waals surface area contributed by atoms with Gasteiger partial charge in [0.25, 0.3) is 5.91 Å². The Balaban J connectivity index is 2.42. The van der Waals surface area contributed by atoms with Crippen molar-refractivity contribution in [1.29, 1.82) is 0 Å². The van der Waals surface area contributed by atoms with Gasteiger partial charge in [-0.05, 0) is 44.1 Å². The molecule has 1 aliphatic carbocycles. The number of aryl methyl sites for hydroxylation is 1. The summed E-state index contributed by atoms with van der Waals surface area (Å²) in [6.07, 6.45) is 7.42. The van der Waals surface area contributed by atoms with Crippen LogP contribution in [0.15, 0.2) is 0 Å². The quantitative estimate of drug-likeness (QED) is 0.790. The van der Waals surface area contributed by atoms with Gasteiger partial charge in [-0.25, -0.2) is 0 Å². The van der Waals surface area contributed by atoms with Crippen molar-refractivity contribution in [3.63, 3.8) is 0 Å². The molecule has 4 nitrogen and oxygen atoms in total. The van der Waals surface area contributed by atoms with E-state index in [1.165, 1.54) is 30.2 Å². The highest BCUT2D eigenvalue weighted by Gasteiger charge is 2.27. The van der Waals surface area contributed by atoms with Crippen molar-refractivity contribution in [2.75, 3.05) is 18.4 Å². The van der Waals surface area contributed by atoms with E-state index in [1.54, 1.807) is 11.3 Å². The largest absolute Gasteiger partial charge is 0.339 e. The van der Waals surface area contributed by atoms with E-state index < -0.39 is 0 Å². The van der Waals surface area contributed by atoms with Gasteiger partial charge in [0, 0.05) is 24.9 Å². The molecule has 23 heavy (non-hydrogen) atoms. The lowest BCUT2D eigenvalue weighted by Crippen LogP contribution is -2.33. The summed E-state index contributed by atoms with van der Waals surface area (Å²) in [6, 6.07) is 0. The first-order valence-corrected chi connectivity index (χ1v) is 9.61. The van der Waals surface area contributed by atoms with Gasteiger partial charge in [0.2, 0.25) is 5.91 Å². The number of amides is 2. The number of carbonyl (C=O) groups excluding carboxylic acids is 2. The smallest absolute Gasteiger partial charge is 0.257 e. The summed E-state index contributed by atoms with van der Waals surface area (Å²) < 4.78 is 0. The number of nitrogens with zero attached hydrogens (tertiary/aromatic N) is 1. The molecule has 0 aromatic carbocycles. The molecule has 0 saturated heterocycles.